The van der Waals surface area contributed by atoms with Crippen LogP contribution in [0.2, 0.25) is 0 Å². The molecule has 2 rings (SSSR count). The van der Waals surface area contributed by atoms with E-state index >= 15 is 0 Å². The van der Waals surface area contributed by atoms with Gasteiger partial charge in [-0.3, -0.25) is 4.79 Å². The Labute approximate surface area is 97.6 Å². The molecule has 3 nitrogen and oxygen atoms in total. The van der Waals surface area contributed by atoms with Gasteiger partial charge in [-0.15, -0.1) is 24.5 Å². The molecular weight excluding hydrogens is 255 g/mol. The summed E-state index contributed by atoms with van der Waals surface area (Å²) in [7, 11) is 0. The van der Waals surface area contributed by atoms with E-state index in [4.69, 9.17) is 5.73 Å². The van der Waals surface area contributed by atoms with Crippen molar-refractivity contribution in [3.05, 3.63) is 29.1 Å². The summed E-state index contributed by atoms with van der Waals surface area (Å²) in [6.07, 6.45) is -4.85. The number of fused-ring (bicyclic) bond motifs is 1. The zero-order chi connectivity index (χ0) is 12.6. The van der Waals surface area contributed by atoms with Crippen molar-refractivity contribution in [1.29, 1.82) is 0 Å². The van der Waals surface area contributed by atoms with Gasteiger partial charge < -0.3 is 10.5 Å². The van der Waals surface area contributed by atoms with E-state index in [0.29, 0.717) is 4.70 Å². The van der Waals surface area contributed by atoms with Crippen LogP contribution in [0, 0.1) is 0 Å². The van der Waals surface area contributed by atoms with Gasteiger partial charge in [0.2, 0.25) is 0 Å². The predicted molar refractivity (Wildman–Crippen MR) is 57.0 cm³/mol. The maximum absolute atomic E-state index is 12.2. The van der Waals surface area contributed by atoms with Crippen LogP contribution in [-0.2, 0) is 0 Å². The maximum atomic E-state index is 12.2. The number of amides is 1. The van der Waals surface area contributed by atoms with E-state index in [-0.39, 0.29) is 10.3 Å². The Morgan fingerprint density at radius 2 is 1.94 bits per heavy atom. The molecule has 0 atom stereocenters. The zero-order valence-corrected chi connectivity index (χ0v) is 9.06. The first-order chi connectivity index (χ1) is 7.88. The fraction of sp³-hybridized carbons (Fsp3) is 0.100. The number of rotatable bonds is 2. The van der Waals surface area contributed by atoms with Gasteiger partial charge in [-0.1, -0.05) is 12.1 Å². The lowest BCUT2D eigenvalue weighted by Gasteiger charge is -2.08. The van der Waals surface area contributed by atoms with Crippen LogP contribution >= 0.6 is 11.3 Å². The second kappa shape index (κ2) is 3.92. The molecule has 2 aromatic rings. The van der Waals surface area contributed by atoms with Crippen LogP contribution in [-0.4, -0.2) is 12.3 Å². The Morgan fingerprint density at radius 1 is 1.29 bits per heavy atom. The molecule has 0 fully saturated rings. The quantitative estimate of drug-likeness (QED) is 0.903. The lowest BCUT2D eigenvalue weighted by Crippen LogP contribution is -2.19. The largest absolute Gasteiger partial charge is 0.573 e. The van der Waals surface area contributed by atoms with Gasteiger partial charge in [-0.2, -0.15) is 0 Å². The van der Waals surface area contributed by atoms with Crippen molar-refractivity contribution in [3.63, 3.8) is 0 Å². The number of benzene rings is 1. The van der Waals surface area contributed by atoms with Crippen molar-refractivity contribution >= 4 is 27.3 Å². The van der Waals surface area contributed by atoms with Crippen LogP contribution in [0.4, 0.5) is 13.2 Å². The molecule has 0 aliphatic carbocycles. The Morgan fingerprint density at radius 3 is 2.53 bits per heavy atom. The van der Waals surface area contributed by atoms with Crippen molar-refractivity contribution < 1.29 is 22.7 Å². The van der Waals surface area contributed by atoms with E-state index in [9.17, 15) is 18.0 Å². The van der Waals surface area contributed by atoms with E-state index in [1.807, 2.05) is 0 Å². The molecule has 90 valence electrons. The molecule has 0 bridgehead atoms. The fourth-order valence-corrected chi connectivity index (χ4v) is 2.38. The summed E-state index contributed by atoms with van der Waals surface area (Å²) in [6, 6.07) is 6.25. The number of nitrogens with two attached hydrogens (primary N) is 1. The minimum atomic E-state index is -4.85. The lowest BCUT2D eigenvalue weighted by atomic mass is 10.2. The van der Waals surface area contributed by atoms with Gasteiger partial charge in [0.25, 0.3) is 5.91 Å². The molecule has 7 heteroatoms. The number of primary amides is 1. The third kappa shape index (κ3) is 2.33. The topological polar surface area (TPSA) is 52.3 Å². The van der Waals surface area contributed by atoms with Gasteiger partial charge in [0.1, 0.15) is 4.88 Å². The van der Waals surface area contributed by atoms with Crippen molar-refractivity contribution in [3.8, 4) is 5.75 Å². The minimum Gasteiger partial charge on any atom is -0.403 e. The summed E-state index contributed by atoms with van der Waals surface area (Å²) >= 11 is 0.873. The highest BCUT2D eigenvalue weighted by Crippen LogP contribution is 2.39. The van der Waals surface area contributed by atoms with E-state index in [1.165, 1.54) is 6.07 Å². The standard InChI is InChI=1S/C10H6F3NO2S/c11-10(12,13)16-7-5-3-1-2-4-6(5)17-8(7)9(14)15/h1-4H,(H2,14,15). The minimum absolute atomic E-state index is 0.226. The molecular formula is C10H6F3NO2S. The summed E-state index contributed by atoms with van der Waals surface area (Å²) in [5.41, 5.74) is 5.02. The number of halogens is 3. The third-order valence-corrected chi connectivity index (χ3v) is 3.16. The SMILES string of the molecule is NC(=O)c1sc2ccccc2c1OC(F)(F)F. The Balaban J connectivity index is 2.64. The van der Waals surface area contributed by atoms with Gasteiger partial charge in [0, 0.05) is 10.1 Å². The normalized spacial score (nSPS) is 11.7. The number of ether oxygens (including phenoxy) is 1. The number of hydrogen-bond donors (Lipinski definition) is 1. The molecule has 0 aliphatic heterocycles. The lowest BCUT2D eigenvalue weighted by molar-refractivity contribution is -0.274. The molecule has 0 aliphatic rings. The van der Waals surface area contributed by atoms with Crippen molar-refractivity contribution in [2.75, 3.05) is 0 Å². The van der Waals surface area contributed by atoms with E-state index < -0.39 is 18.0 Å². The number of thiophene rings is 1. The highest BCUT2D eigenvalue weighted by molar-refractivity contribution is 7.21. The zero-order valence-electron chi connectivity index (χ0n) is 8.25. The number of hydrogen-bond acceptors (Lipinski definition) is 3. The van der Waals surface area contributed by atoms with Crippen LogP contribution < -0.4 is 10.5 Å². The Hall–Kier alpha value is -1.76. The highest BCUT2D eigenvalue weighted by Gasteiger charge is 2.34. The molecule has 0 unspecified atom stereocenters. The summed E-state index contributed by atoms with van der Waals surface area (Å²) in [5.74, 6) is -1.46. The van der Waals surface area contributed by atoms with Gasteiger partial charge in [0.05, 0.1) is 0 Å². The smallest absolute Gasteiger partial charge is 0.403 e. The molecule has 1 aromatic carbocycles. The van der Waals surface area contributed by atoms with Crippen LogP contribution in [0.25, 0.3) is 10.1 Å². The average molecular weight is 261 g/mol. The summed E-state index contributed by atoms with van der Waals surface area (Å²) in [6.45, 7) is 0. The number of alkyl halides is 3. The molecule has 0 spiro atoms. The molecule has 0 saturated heterocycles. The summed E-state index contributed by atoms with van der Waals surface area (Å²) in [4.78, 5) is 10.8. The van der Waals surface area contributed by atoms with Crippen LogP contribution in [0.3, 0.4) is 0 Å². The van der Waals surface area contributed by atoms with Crippen LogP contribution in [0.1, 0.15) is 9.67 Å². The third-order valence-electron chi connectivity index (χ3n) is 1.99. The molecule has 0 radical (unpaired) electrons. The van der Waals surface area contributed by atoms with Gasteiger partial charge >= 0.3 is 6.36 Å². The fourth-order valence-electron chi connectivity index (χ4n) is 1.40. The molecule has 17 heavy (non-hydrogen) atoms. The highest BCUT2D eigenvalue weighted by atomic mass is 32.1. The molecule has 1 amide bonds. The van der Waals surface area contributed by atoms with Crippen molar-refractivity contribution in [2.24, 2.45) is 5.73 Å². The van der Waals surface area contributed by atoms with Crippen molar-refractivity contribution in [1.82, 2.24) is 0 Å². The average Bonchev–Trinajstić information content (AvgIpc) is 2.55. The monoisotopic (exact) mass is 261 g/mol. The second-order valence-electron chi connectivity index (χ2n) is 3.17. The first-order valence-electron chi connectivity index (χ1n) is 4.45. The molecule has 1 aromatic heterocycles. The first-order valence-corrected chi connectivity index (χ1v) is 5.27. The van der Waals surface area contributed by atoms with Gasteiger partial charge in [0.15, 0.2) is 5.75 Å². The van der Waals surface area contributed by atoms with E-state index in [2.05, 4.69) is 4.74 Å². The van der Waals surface area contributed by atoms with E-state index in [1.54, 1.807) is 18.2 Å². The summed E-state index contributed by atoms with van der Waals surface area (Å²) < 4.78 is 41.0. The van der Waals surface area contributed by atoms with Gasteiger partial charge in [-0.25, -0.2) is 0 Å². The Bertz CT molecular complexity index is 576. The maximum Gasteiger partial charge on any atom is 0.573 e. The van der Waals surface area contributed by atoms with Crippen LogP contribution in [0.5, 0.6) is 5.75 Å². The second-order valence-corrected chi connectivity index (χ2v) is 4.22. The van der Waals surface area contributed by atoms with Gasteiger partial charge in [-0.05, 0) is 12.1 Å². The predicted octanol–water partition coefficient (Wildman–Crippen LogP) is 2.90. The van der Waals surface area contributed by atoms with Crippen LogP contribution in [0.15, 0.2) is 24.3 Å². The number of carbonyl (C=O) groups is 1. The summed E-state index contributed by atoms with van der Waals surface area (Å²) in [5, 5.41) is 0.226. The van der Waals surface area contributed by atoms with E-state index in [0.717, 1.165) is 11.3 Å². The number of carbonyl (C=O) groups excluding carboxylic acids is 1. The van der Waals surface area contributed by atoms with Crippen molar-refractivity contribution in [2.45, 2.75) is 6.36 Å². The first kappa shape index (κ1) is 11.7. The molecule has 1 heterocycles. The Kier molecular flexibility index (Phi) is 2.70. The molecule has 2 N–H and O–H groups in total. The molecule has 0 saturated carbocycles.